The van der Waals surface area contributed by atoms with Crippen LogP contribution in [0, 0.1) is 0 Å². The van der Waals surface area contributed by atoms with Crippen LogP contribution in [0.15, 0.2) is 160 Å². The quantitative estimate of drug-likeness (QED) is 0.166. The lowest BCUT2D eigenvalue weighted by Gasteiger charge is -2.19. The Balaban J connectivity index is -0.0000000995. The van der Waals surface area contributed by atoms with Crippen molar-refractivity contribution in [2.75, 3.05) is 0 Å². The third-order valence-electron chi connectivity index (χ3n) is 11.4. The second-order valence-electron chi connectivity index (χ2n) is 23.1. The molecule has 0 aliphatic heterocycles. The second-order valence-corrected chi connectivity index (χ2v) is 23.1. The topological polar surface area (TPSA) is 196 Å². The molecule has 0 radical (unpaired) electrons. The third kappa shape index (κ3) is 56.7. The highest BCUT2D eigenvalue weighted by Crippen LogP contribution is 2.28. The zero-order valence-corrected chi connectivity index (χ0v) is 70.7. The fourth-order valence-electron chi connectivity index (χ4n) is 6.74. The summed E-state index contributed by atoms with van der Waals surface area (Å²) in [7, 11) is 0. The highest BCUT2D eigenvalue weighted by Gasteiger charge is 2.19. The highest BCUT2D eigenvalue weighted by molar-refractivity contribution is 5.78. The minimum absolute atomic E-state index is 0. The molecule has 10 aromatic heterocycles. The van der Waals surface area contributed by atoms with Crippen LogP contribution in [0.5, 0.6) is 0 Å². The zero-order chi connectivity index (χ0) is 78.6. The number of nitrogens with zero attached hydrogens (tertiary/aromatic N) is 14. The SMILES string of the molecule is C.C.C.CC.CC.CC.CC.CC.CC.CC.CC.CC.CC.CC(C)(C)c1c[nH]c2cncnc12.CC(C)(C)c1cc[nH]c1.CC(C)(C)n1ncc2cncnc21.CC(C)c1ccccn1.CC(C)c1cccnc1.CC(C)c1cnccn1.CC(C)c1ncccn1.CC(C)n1cccn1. The van der Waals surface area contributed by atoms with Gasteiger partial charge in [-0.2, -0.15) is 10.2 Å². The summed E-state index contributed by atoms with van der Waals surface area (Å²) in [5, 5.41) is 9.30. The first-order valence-corrected chi connectivity index (χ1v) is 37.2. The van der Waals surface area contributed by atoms with Crippen LogP contribution in [-0.2, 0) is 16.4 Å². The Labute approximate surface area is 630 Å². The molecule has 0 unspecified atom stereocenters. The average molecular weight is 1420 g/mol. The van der Waals surface area contributed by atoms with Crippen molar-refractivity contribution in [3.63, 3.8) is 0 Å². The minimum Gasteiger partial charge on any atom is -0.367 e. The van der Waals surface area contributed by atoms with Gasteiger partial charge in [-0.25, -0.2) is 34.6 Å². The van der Waals surface area contributed by atoms with E-state index in [2.05, 4.69) is 214 Å². The summed E-state index contributed by atoms with van der Waals surface area (Å²) in [5.74, 6) is 2.98. The largest absolute Gasteiger partial charge is 0.367 e. The lowest BCUT2D eigenvalue weighted by molar-refractivity contribution is 0.366. The molecule has 16 nitrogen and oxygen atoms in total. The van der Waals surface area contributed by atoms with Gasteiger partial charge in [0.2, 0.25) is 0 Å². The molecule has 0 fully saturated rings. The van der Waals surface area contributed by atoms with Crippen molar-refractivity contribution in [2.45, 2.75) is 338 Å². The molecule has 16 heteroatoms. The number of hydrogen-bond acceptors (Lipinski definition) is 12. The molecule has 0 saturated heterocycles. The van der Waals surface area contributed by atoms with Gasteiger partial charge < -0.3 is 9.97 Å². The Morgan fingerprint density at radius 3 is 1.24 bits per heavy atom. The molecule has 0 amide bonds. The van der Waals surface area contributed by atoms with E-state index in [1.807, 2.05) is 221 Å². The summed E-state index contributed by atoms with van der Waals surface area (Å²) >= 11 is 0. The van der Waals surface area contributed by atoms with E-state index in [1.54, 1.807) is 74.6 Å². The van der Waals surface area contributed by atoms with Gasteiger partial charge in [-0.15, -0.1) is 0 Å². The number of hydrogen-bond donors (Lipinski definition) is 2. The normalized spacial score (nSPS) is 9.14. The molecule has 102 heavy (non-hydrogen) atoms. The predicted octanol–water partition coefficient (Wildman–Crippen LogP) is 27.4. The van der Waals surface area contributed by atoms with E-state index in [9.17, 15) is 0 Å². The smallest absolute Gasteiger partial charge is 0.161 e. The van der Waals surface area contributed by atoms with Crippen molar-refractivity contribution >= 4 is 22.1 Å². The highest BCUT2D eigenvalue weighted by atomic mass is 15.3. The van der Waals surface area contributed by atoms with E-state index in [4.69, 9.17) is 0 Å². The number of rotatable bonds is 5. The van der Waals surface area contributed by atoms with Gasteiger partial charge in [-0.05, 0) is 111 Å². The van der Waals surface area contributed by atoms with E-state index in [0.29, 0.717) is 35.1 Å². The lowest BCUT2D eigenvalue weighted by Crippen LogP contribution is -2.23. The fourth-order valence-corrected chi connectivity index (χ4v) is 6.74. The van der Waals surface area contributed by atoms with Crippen molar-refractivity contribution in [3.8, 4) is 0 Å². The van der Waals surface area contributed by atoms with Crippen LogP contribution in [0.1, 0.15) is 356 Å². The molecule has 10 heterocycles. The molecule has 2 N–H and O–H groups in total. The Bertz CT molecular complexity index is 2820. The molecule has 0 bridgehead atoms. The van der Waals surface area contributed by atoms with E-state index < -0.39 is 0 Å². The molecule has 0 aliphatic carbocycles. The lowest BCUT2D eigenvalue weighted by atomic mass is 9.88. The summed E-state index contributed by atoms with van der Waals surface area (Å²) < 4.78 is 3.82. The number of pyridine rings is 2. The predicted molar refractivity (Wildman–Crippen MR) is 458 cm³/mol. The number of nitrogens with one attached hydrogen (secondary N) is 2. The molecule has 0 saturated carbocycles. The summed E-state index contributed by atoms with van der Waals surface area (Å²) in [6.07, 6.45) is 32.5. The van der Waals surface area contributed by atoms with Crippen molar-refractivity contribution in [1.82, 2.24) is 79.4 Å². The van der Waals surface area contributed by atoms with Gasteiger partial charge in [-0.1, -0.05) is 270 Å². The number of aromatic nitrogens is 16. The average Bonchev–Trinajstić information content (AvgIpc) is 1.66. The van der Waals surface area contributed by atoms with Crippen LogP contribution >= 0.6 is 0 Å². The van der Waals surface area contributed by atoms with Crippen LogP contribution in [0.3, 0.4) is 0 Å². The van der Waals surface area contributed by atoms with Crippen LogP contribution in [0.2, 0.25) is 0 Å². The van der Waals surface area contributed by atoms with Crippen LogP contribution < -0.4 is 0 Å². The third-order valence-corrected chi connectivity index (χ3v) is 11.4. The number of aromatic amines is 2. The molecule has 0 spiro atoms. The van der Waals surface area contributed by atoms with Gasteiger partial charge in [0, 0.05) is 110 Å². The maximum Gasteiger partial charge on any atom is 0.161 e. The Kier molecular flexibility index (Phi) is 89.5. The Morgan fingerprint density at radius 1 is 0.392 bits per heavy atom. The van der Waals surface area contributed by atoms with Gasteiger partial charge >= 0.3 is 0 Å². The van der Waals surface area contributed by atoms with Crippen LogP contribution in [0.4, 0.5) is 0 Å². The van der Waals surface area contributed by atoms with E-state index in [1.165, 1.54) is 16.7 Å². The molecule has 10 rings (SSSR count). The Hall–Kier alpha value is -7.88. The molecule has 0 aliphatic rings. The van der Waals surface area contributed by atoms with Gasteiger partial charge in [0.05, 0.1) is 40.0 Å². The molecule has 10 aromatic rings. The number of fused-ring (bicyclic) bond motifs is 2. The molecule has 586 valence electrons. The summed E-state index contributed by atoms with van der Waals surface area (Å²) in [6, 6.07) is 16.4. The van der Waals surface area contributed by atoms with Gasteiger partial charge in [0.15, 0.2) is 5.65 Å². The Morgan fingerprint density at radius 2 is 0.902 bits per heavy atom. The van der Waals surface area contributed by atoms with Crippen molar-refractivity contribution < 1.29 is 0 Å². The maximum absolute atomic E-state index is 4.28. The van der Waals surface area contributed by atoms with Crippen molar-refractivity contribution in [2.24, 2.45) is 0 Å². The standard InChI is InChI=1S/C10H13N3.C9H12N4.C8H13N.2C8H11N.2C7H10N2.C6H10N2.10C2H6.3CH4/c1-10(2,3)7-4-12-8-5-11-6-13-9(7)8;1-9(2,3)13-8-7(5-12-13)4-10-6-11-8;1-8(2,3)7-4-5-9-6-7;1-7(2)8-4-3-5-9-6-8;1-7(2)8-5-3-4-6-9-8;1-6(2)7-5-8-3-4-9-7;1-6(2)7-8-4-3-5-9-7;1-6(2)8-5-3-4-7-8;10*1-2;;;/h4-6,12H,1-3H3;4-6H,1-3H3;4-6,9H,1-3H3;2*3-7H,1-2H3;2*3-6H,1-2H3;3-6H,1-2H3;10*1-2H3;3*1H4. The summed E-state index contributed by atoms with van der Waals surface area (Å²) in [5.41, 5.74) is 9.44. The van der Waals surface area contributed by atoms with Crippen molar-refractivity contribution in [1.29, 1.82) is 0 Å². The van der Waals surface area contributed by atoms with Gasteiger partial charge in [-0.3, -0.25) is 24.6 Å². The second kappa shape index (κ2) is 77.3. The fraction of sp³-hybridized carbons (Fsp3) is 0.581. The summed E-state index contributed by atoms with van der Waals surface area (Å²) in [4.78, 5) is 47.0. The van der Waals surface area contributed by atoms with Crippen molar-refractivity contribution in [3.05, 3.63) is 194 Å². The van der Waals surface area contributed by atoms with Crippen LogP contribution in [0.25, 0.3) is 22.1 Å². The van der Waals surface area contributed by atoms with Crippen LogP contribution in [-0.4, -0.2) is 79.4 Å². The van der Waals surface area contributed by atoms with E-state index in [-0.39, 0.29) is 33.2 Å². The molecular formula is C86H162N16. The maximum atomic E-state index is 4.28. The first kappa shape index (κ1) is 118. The minimum atomic E-state index is -0.0316. The van der Waals surface area contributed by atoms with E-state index >= 15 is 0 Å². The number of H-pyrrole nitrogens is 2. The summed E-state index contributed by atoms with van der Waals surface area (Å²) in [6.45, 7) is 80.6. The molecule has 0 aromatic carbocycles. The first-order chi connectivity index (χ1) is 47.3. The van der Waals surface area contributed by atoms with Gasteiger partial charge in [0.25, 0.3) is 0 Å². The van der Waals surface area contributed by atoms with Gasteiger partial charge in [0.1, 0.15) is 18.5 Å². The molecular weight excluding hydrogens is 1260 g/mol. The molecule has 0 atom stereocenters. The zero-order valence-electron chi connectivity index (χ0n) is 70.7. The monoisotopic (exact) mass is 1420 g/mol. The first-order valence-electron chi connectivity index (χ1n) is 37.2. The van der Waals surface area contributed by atoms with E-state index in [0.717, 1.165) is 39.3 Å².